The predicted molar refractivity (Wildman–Crippen MR) is 103 cm³/mol. The van der Waals surface area contributed by atoms with Crippen molar-refractivity contribution in [1.29, 1.82) is 0 Å². The van der Waals surface area contributed by atoms with Crippen LogP contribution in [0.5, 0.6) is 0 Å². The Kier molecular flexibility index (Phi) is 6.21. The van der Waals surface area contributed by atoms with Crippen LogP contribution in [0.15, 0.2) is 48.5 Å². The van der Waals surface area contributed by atoms with E-state index in [2.05, 4.69) is 5.32 Å². The molecule has 0 aliphatic carbocycles. The lowest BCUT2D eigenvalue weighted by molar-refractivity contribution is -0.138. The van der Waals surface area contributed by atoms with E-state index in [9.17, 15) is 19.1 Å². The number of hydrogen-bond acceptors (Lipinski definition) is 4. The predicted octanol–water partition coefficient (Wildman–Crippen LogP) is 3.90. The summed E-state index contributed by atoms with van der Waals surface area (Å²) in [5.74, 6) is -0.473. The quantitative estimate of drug-likeness (QED) is 0.782. The minimum Gasteiger partial charge on any atom is -0.481 e. The first-order valence-electron chi connectivity index (χ1n) is 8.14. The van der Waals surface area contributed by atoms with Gasteiger partial charge < -0.3 is 10.4 Å². The molecular weight excluding hydrogens is 373 g/mol. The molecule has 0 radical (unpaired) electrons. The van der Waals surface area contributed by atoms with E-state index >= 15 is 0 Å². The first-order chi connectivity index (χ1) is 12.5. The number of rotatable bonds is 6. The van der Waals surface area contributed by atoms with Gasteiger partial charge in [-0.15, -0.1) is 23.5 Å². The van der Waals surface area contributed by atoms with Crippen molar-refractivity contribution in [2.75, 3.05) is 18.1 Å². The molecule has 1 aliphatic heterocycles. The van der Waals surface area contributed by atoms with Gasteiger partial charge in [0.05, 0.1) is 10.5 Å². The minimum absolute atomic E-state index is 0.0596. The van der Waals surface area contributed by atoms with Gasteiger partial charge in [-0.1, -0.05) is 24.3 Å². The fourth-order valence-corrected chi connectivity index (χ4v) is 5.54. The third kappa shape index (κ3) is 4.59. The van der Waals surface area contributed by atoms with Crippen molar-refractivity contribution in [2.45, 2.75) is 10.5 Å². The number of carboxylic acids is 1. The lowest BCUT2D eigenvalue weighted by Crippen LogP contribution is -2.31. The normalized spacial score (nSPS) is 15.6. The molecule has 4 nitrogen and oxygen atoms in total. The lowest BCUT2D eigenvalue weighted by atomic mass is 9.99. The van der Waals surface area contributed by atoms with E-state index in [4.69, 9.17) is 0 Å². The molecule has 1 aliphatic rings. The van der Waals surface area contributed by atoms with Crippen LogP contribution in [0.3, 0.4) is 0 Å². The van der Waals surface area contributed by atoms with Crippen molar-refractivity contribution in [3.63, 3.8) is 0 Å². The summed E-state index contributed by atoms with van der Waals surface area (Å²) in [6.45, 7) is -0.0596. The van der Waals surface area contributed by atoms with Crippen LogP contribution < -0.4 is 5.32 Å². The Balaban J connectivity index is 1.62. The molecule has 0 bridgehead atoms. The molecule has 3 rings (SSSR count). The average Bonchev–Trinajstić information content (AvgIpc) is 3.18. The van der Waals surface area contributed by atoms with Gasteiger partial charge in [0.25, 0.3) is 5.91 Å². The number of amides is 1. The molecule has 1 unspecified atom stereocenters. The zero-order valence-corrected chi connectivity index (χ0v) is 15.5. The standard InChI is InChI=1S/C19H18FNO3S2/c20-15-7-5-12(6-8-15)16(18(23)24)11-21-17(22)13-1-3-14(4-2-13)19-25-9-10-26-19/h1-8,16,19H,9-11H2,(H,21,22)(H,23,24). The van der Waals surface area contributed by atoms with Crippen molar-refractivity contribution in [3.05, 3.63) is 71.0 Å². The molecule has 1 fully saturated rings. The molecule has 1 atom stereocenters. The Hall–Kier alpha value is -1.99. The summed E-state index contributed by atoms with van der Waals surface area (Å²) in [6.07, 6.45) is 0. The smallest absolute Gasteiger partial charge is 0.312 e. The Morgan fingerprint density at radius 2 is 1.69 bits per heavy atom. The summed E-state index contributed by atoms with van der Waals surface area (Å²) in [5, 5.41) is 12.0. The van der Waals surface area contributed by atoms with Crippen LogP contribution in [0.25, 0.3) is 0 Å². The number of carbonyl (C=O) groups excluding carboxylic acids is 1. The zero-order valence-electron chi connectivity index (χ0n) is 13.9. The van der Waals surface area contributed by atoms with Gasteiger partial charge in [0.15, 0.2) is 0 Å². The monoisotopic (exact) mass is 391 g/mol. The number of carboxylic acid groups (broad SMARTS) is 1. The number of nitrogens with one attached hydrogen (secondary N) is 1. The van der Waals surface area contributed by atoms with Crippen LogP contribution >= 0.6 is 23.5 Å². The minimum atomic E-state index is -1.07. The largest absolute Gasteiger partial charge is 0.481 e. The van der Waals surface area contributed by atoms with E-state index in [1.54, 1.807) is 12.1 Å². The highest BCUT2D eigenvalue weighted by atomic mass is 32.2. The van der Waals surface area contributed by atoms with Crippen LogP contribution in [0.4, 0.5) is 4.39 Å². The van der Waals surface area contributed by atoms with E-state index in [0.29, 0.717) is 15.7 Å². The molecule has 0 spiro atoms. The number of thioether (sulfide) groups is 2. The van der Waals surface area contributed by atoms with Crippen LogP contribution in [-0.4, -0.2) is 35.0 Å². The maximum absolute atomic E-state index is 13.0. The van der Waals surface area contributed by atoms with Crippen molar-refractivity contribution < 1.29 is 19.1 Å². The summed E-state index contributed by atoms with van der Waals surface area (Å²) in [5.41, 5.74) is 2.12. The molecule has 2 aromatic rings. The first-order valence-corrected chi connectivity index (χ1v) is 10.2. The van der Waals surface area contributed by atoms with Gasteiger partial charge in [-0.05, 0) is 35.4 Å². The van der Waals surface area contributed by atoms with E-state index in [1.807, 2.05) is 35.7 Å². The Morgan fingerprint density at radius 1 is 1.08 bits per heavy atom. The topological polar surface area (TPSA) is 66.4 Å². The molecule has 0 aromatic heterocycles. The number of carbonyl (C=O) groups is 2. The number of hydrogen-bond donors (Lipinski definition) is 2. The summed E-state index contributed by atoms with van der Waals surface area (Å²) in [7, 11) is 0. The molecule has 136 valence electrons. The fraction of sp³-hybridized carbons (Fsp3) is 0.263. The third-order valence-corrected chi connectivity index (χ3v) is 7.21. The van der Waals surface area contributed by atoms with Gasteiger partial charge in [0.1, 0.15) is 5.82 Å². The van der Waals surface area contributed by atoms with Gasteiger partial charge >= 0.3 is 5.97 Å². The van der Waals surface area contributed by atoms with Crippen LogP contribution in [-0.2, 0) is 4.79 Å². The van der Waals surface area contributed by atoms with Gasteiger partial charge in [0.2, 0.25) is 0 Å². The second-order valence-corrected chi connectivity index (χ2v) is 8.57. The second-order valence-electron chi connectivity index (χ2n) is 5.85. The highest BCUT2D eigenvalue weighted by molar-refractivity contribution is 8.19. The zero-order chi connectivity index (χ0) is 18.5. The molecular formula is C19H18FNO3S2. The molecule has 0 saturated carbocycles. The highest BCUT2D eigenvalue weighted by Crippen LogP contribution is 2.45. The number of aliphatic carboxylic acids is 1. The van der Waals surface area contributed by atoms with Crippen molar-refractivity contribution in [2.24, 2.45) is 0 Å². The fourth-order valence-electron chi connectivity index (χ4n) is 2.68. The lowest BCUT2D eigenvalue weighted by Gasteiger charge is -2.14. The Bertz CT molecular complexity index is 774. The maximum atomic E-state index is 13.0. The Labute approximate surface area is 159 Å². The van der Waals surface area contributed by atoms with Crippen LogP contribution in [0.2, 0.25) is 0 Å². The number of benzene rings is 2. The van der Waals surface area contributed by atoms with Gasteiger partial charge in [-0.2, -0.15) is 0 Å². The van der Waals surface area contributed by atoms with E-state index in [0.717, 1.165) is 11.5 Å². The Morgan fingerprint density at radius 3 is 2.27 bits per heavy atom. The van der Waals surface area contributed by atoms with Crippen molar-refractivity contribution in [3.8, 4) is 0 Å². The molecule has 7 heteroatoms. The highest BCUT2D eigenvalue weighted by Gasteiger charge is 2.22. The summed E-state index contributed by atoms with van der Waals surface area (Å²) < 4.78 is 13.4. The van der Waals surface area contributed by atoms with Crippen molar-refractivity contribution >= 4 is 35.4 Å². The SMILES string of the molecule is O=C(NCC(C(=O)O)c1ccc(F)cc1)c1ccc(C2SCCS2)cc1. The first kappa shape index (κ1) is 18.8. The van der Waals surface area contributed by atoms with Gasteiger partial charge in [0, 0.05) is 23.6 Å². The third-order valence-electron chi connectivity index (χ3n) is 4.10. The van der Waals surface area contributed by atoms with E-state index < -0.39 is 17.7 Å². The molecule has 1 heterocycles. The van der Waals surface area contributed by atoms with Gasteiger partial charge in [-0.3, -0.25) is 9.59 Å². The summed E-state index contributed by atoms with van der Waals surface area (Å²) in [4.78, 5) is 23.8. The molecule has 1 amide bonds. The van der Waals surface area contributed by atoms with E-state index in [-0.39, 0.29) is 12.5 Å². The average molecular weight is 391 g/mol. The van der Waals surface area contributed by atoms with Crippen molar-refractivity contribution in [1.82, 2.24) is 5.32 Å². The van der Waals surface area contributed by atoms with Crippen LogP contribution in [0.1, 0.15) is 32.0 Å². The van der Waals surface area contributed by atoms with Crippen LogP contribution in [0, 0.1) is 5.82 Å². The summed E-state index contributed by atoms with van der Waals surface area (Å²) in [6, 6.07) is 12.7. The maximum Gasteiger partial charge on any atom is 0.312 e. The summed E-state index contributed by atoms with van der Waals surface area (Å²) >= 11 is 3.79. The molecule has 2 N–H and O–H groups in total. The number of halogens is 1. The van der Waals surface area contributed by atoms with Gasteiger partial charge in [-0.25, -0.2) is 4.39 Å². The molecule has 1 saturated heterocycles. The molecule has 2 aromatic carbocycles. The second kappa shape index (κ2) is 8.60. The van der Waals surface area contributed by atoms with E-state index in [1.165, 1.54) is 29.8 Å². The molecule has 26 heavy (non-hydrogen) atoms.